The fourth-order valence-electron chi connectivity index (χ4n) is 6.53. The van der Waals surface area contributed by atoms with Gasteiger partial charge in [-0.15, -0.1) is 0 Å². The molecule has 0 unspecified atom stereocenters. The van der Waals surface area contributed by atoms with Gasteiger partial charge >= 0.3 is 0 Å². The average molecular weight is 626 g/mol. The van der Waals surface area contributed by atoms with Crippen molar-refractivity contribution in [2.75, 3.05) is 39.3 Å². The van der Waals surface area contributed by atoms with Crippen LogP contribution in [0.15, 0.2) is 83.9 Å². The van der Waals surface area contributed by atoms with E-state index in [1.807, 2.05) is 18.2 Å². The molecule has 1 N–H and O–H groups in total. The van der Waals surface area contributed by atoms with Crippen LogP contribution >= 0.6 is 0 Å². The minimum Gasteiger partial charge on any atom is -0.352 e. The maximum absolute atomic E-state index is 13.7. The zero-order valence-electron chi connectivity index (χ0n) is 26.1. The van der Waals surface area contributed by atoms with Crippen molar-refractivity contribution < 1.29 is 13.2 Å². The third-order valence-electron chi connectivity index (χ3n) is 9.34. The van der Waals surface area contributed by atoms with E-state index in [4.69, 9.17) is 4.98 Å². The molecule has 6 rings (SSSR count). The summed E-state index contributed by atoms with van der Waals surface area (Å²) in [5.74, 6) is 1.01. The second-order valence-electron chi connectivity index (χ2n) is 12.6. The summed E-state index contributed by atoms with van der Waals surface area (Å²) in [5.41, 5.74) is 3.62. The van der Waals surface area contributed by atoms with Crippen molar-refractivity contribution in [3.63, 3.8) is 0 Å². The van der Waals surface area contributed by atoms with Gasteiger partial charge in [0.25, 0.3) is 5.91 Å². The number of sulfonamides is 1. The second-order valence-corrected chi connectivity index (χ2v) is 14.6. The molecule has 2 aromatic carbocycles. The lowest BCUT2D eigenvalue weighted by Crippen LogP contribution is -2.37. The van der Waals surface area contributed by atoms with E-state index >= 15 is 0 Å². The van der Waals surface area contributed by atoms with Gasteiger partial charge in [0.1, 0.15) is 0 Å². The van der Waals surface area contributed by atoms with Crippen LogP contribution < -0.4 is 5.32 Å². The standard InChI is InChI=1S/C36H43N5O3S/c1-27-13-22-41(23-14-27)45(43,44)30-11-12-33-31(25-30)32(26-35(39-33)34-10-5-6-17-37-34)36(42)38-18-7-19-40-20-15-29(16-21-40)24-28-8-3-2-4-9-28/h2-6,8-12,17,25-27,29H,7,13-16,18-24H2,1H3,(H,38,42). The number of carbonyl (C=O) groups excluding carboxylic acids is 1. The summed E-state index contributed by atoms with van der Waals surface area (Å²) in [7, 11) is -3.68. The molecule has 8 nitrogen and oxygen atoms in total. The van der Waals surface area contributed by atoms with Gasteiger partial charge in [0.2, 0.25) is 10.0 Å². The van der Waals surface area contributed by atoms with Crippen LogP contribution in [-0.4, -0.2) is 72.8 Å². The molecule has 2 saturated heterocycles. The van der Waals surface area contributed by atoms with E-state index in [9.17, 15) is 13.2 Å². The fraction of sp³-hybridized carbons (Fsp3) is 0.417. The molecule has 0 radical (unpaired) electrons. The number of fused-ring (bicyclic) bond motifs is 1. The molecule has 2 aromatic heterocycles. The predicted molar refractivity (Wildman–Crippen MR) is 178 cm³/mol. The van der Waals surface area contributed by atoms with Crippen molar-refractivity contribution in [1.29, 1.82) is 0 Å². The number of hydrogen-bond donors (Lipinski definition) is 1. The van der Waals surface area contributed by atoms with Gasteiger partial charge in [-0.1, -0.05) is 43.3 Å². The lowest BCUT2D eigenvalue weighted by atomic mass is 9.90. The zero-order valence-corrected chi connectivity index (χ0v) is 26.9. The molecule has 2 aliphatic heterocycles. The Hall–Kier alpha value is -3.66. The Morgan fingerprint density at radius 2 is 1.64 bits per heavy atom. The van der Waals surface area contributed by atoms with Crippen molar-refractivity contribution in [2.45, 2.75) is 50.3 Å². The summed E-state index contributed by atoms with van der Waals surface area (Å²) in [4.78, 5) is 25.6. The first-order valence-corrected chi connectivity index (χ1v) is 17.7. The Morgan fingerprint density at radius 3 is 2.38 bits per heavy atom. The second kappa shape index (κ2) is 14.2. The number of rotatable bonds is 10. The molecule has 2 aliphatic rings. The number of carbonyl (C=O) groups is 1. The van der Waals surface area contributed by atoms with Gasteiger partial charge in [-0.25, -0.2) is 13.4 Å². The maximum atomic E-state index is 13.7. The number of aromatic nitrogens is 2. The zero-order chi connectivity index (χ0) is 31.2. The van der Waals surface area contributed by atoms with Gasteiger partial charge in [0, 0.05) is 31.2 Å². The number of nitrogens with one attached hydrogen (secondary N) is 1. The highest BCUT2D eigenvalue weighted by molar-refractivity contribution is 7.89. The quantitative estimate of drug-likeness (QED) is 0.224. The van der Waals surface area contributed by atoms with Crippen molar-refractivity contribution in [3.8, 4) is 11.4 Å². The highest BCUT2D eigenvalue weighted by Crippen LogP contribution is 2.29. The Kier molecular flexibility index (Phi) is 9.88. The van der Waals surface area contributed by atoms with E-state index < -0.39 is 10.0 Å². The van der Waals surface area contributed by atoms with Crippen LogP contribution in [0.25, 0.3) is 22.3 Å². The van der Waals surface area contributed by atoms with Gasteiger partial charge in [-0.3, -0.25) is 9.78 Å². The van der Waals surface area contributed by atoms with Gasteiger partial charge in [-0.05, 0) is 112 Å². The van der Waals surface area contributed by atoms with Crippen molar-refractivity contribution in [3.05, 3.63) is 90.1 Å². The number of hydrogen-bond acceptors (Lipinski definition) is 6. The molecule has 2 fully saturated rings. The van der Waals surface area contributed by atoms with E-state index in [0.717, 1.165) is 51.2 Å². The number of benzene rings is 2. The van der Waals surface area contributed by atoms with Crippen LogP contribution in [-0.2, 0) is 16.4 Å². The monoisotopic (exact) mass is 625 g/mol. The summed E-state index contributed by atoms with van der Waals surface area (Å²) >= 11 is 0. The van der Waals surface area contributed by atoms with Crippen molar-refractivity contribution in [2.24, 2.45) is 11.8 Å². The molecule has 236 valence electrons. The molecule has 9 heteroatoms. The lowest BCUT2D eigenvalue weighted by molar-refractivity contribution is 0.0952. The van der Waals surface area contributed by atoms with E-state index in [-0.39, 0.29) is 10.8 Å². The Labute approximate surface area is 266 Å². The van der Waals surface area contributed by atoms with E-state index in [0.29, 0.717) is 53.4 Å². The molecule has 45 heavy (non-hydrogen) atoms. The van der Waals surface area contributed by atoms with Crippen LogP contribution in [0, 0.1) is 11.8 Å². The van der Waals surface area contributed by atoms with Crippen LogP contribution in [0.4, 0.5) is 0 Å². The number of amides is 1. The molecule has 0 aliphatic carbocycles. The minimum absolute atomic E-state index is 0.196. The van der Waals surface area contributed by atoms with Crippen molar-refractivity contribution >= 4 is 26.8 Å². The Balaban J connectivity index is 1.13. The highest BCUT2D eigenvalue weighted by Gasteiger charge is 2.29. The van der Waals surface area contributed by atoms with E-state index in [1.165, 1.54) is 18.4 Å². The molecule has 0 atom stereocenters. The van der Waals surface area contributed by atoms with Gasteiger partial charge in [0.05, 0.1) is 27.4 Å². The van der Waals surface area contributed by atoms with E-state index in [2.05, 4.69) is 52.5 Å². The summed E-state index contributed by atoms with van der Waals surface area (Å²) in [6.07, 6.45) is 7.77. The molecule has 1 amide bonds. The summed E-state index contributed by atoms with van der Waals surface area (Å²) in [6.45, 7) is 6.82. The third kappa shape index (κ3) is 7.60. The smallest absolute Gasteiger partial charge is 0.252 e. The largest absolute Gasteiger partial charge is 0.352 e. The molecular weight excluding hydrogens is 582 g/mol. The Bertz CT molecular complexity index is 1700. The first-order chi connectivity index (χ1) is 21.9. The normalized spacial score (nSPS) is 17.4. The summed E-state index contributed by atoms with van der Waals surface area (Å²) in [5, 5.41) is 3.63. The molecule has 0 spiro atoms. The predicted octanol–water partition coefficient (Wildman–Crippen LogP) is 5.79. The van der Waals surface area contributed by atoms with Crippen molar-refractivity contribution in [1.82, 2.24) is 24.5 Å². The molecule has 4 aromatic rings. The third-order valence-corrected chi connectivity index (χ3v) is 11.2. The molecular formula is C36H43N5O3S. The van der Waals surface area contributed by atoms with Gasteiger partial charge < -0.3 is 10.2 Å². The lowest BCUT2D eigenvalue weighted by Gasteiger charge is -2.32. The maximum Gasteiger partial charge on any atom is 0.252 e. The number of piperidine rings is 2. The summed E-state index contributed by atoms with van der Waals surface area (Å²) in [6, 6.07) is 23.0. The summed E-state index contributed by atoms with van der Waals surface area (Å²) < 4.78 is 28.7. The number of pyridine rings is 2. The minimum atomic E-state index is -3.68. The SMILES string of the molecule is CC1CCN(S(=O)(=O)c2ccc3nc(-c4ccccn4)cc(C(=O)NCCCN4CCC(Cc5ccccc5)CC4)c3c2)CC1. The van der Waals surface area contributed by atoms with Crippen LogP contribution in [0.3, 0.4) is 0 Å². The molecule has 0 saturated carbocycles. The topological polar surface area (TPSA) is 95.5 Å². The van der Waals surface area contributed by atoms with Crippen LogP contribution in [0.2, 0.25) is 0 Å². The molecule has 4 heterocycles. The first-order valence-electron chi connectivity index (χ1n) is 16.3. The Morgan fingerprint density at radius 1 is 0.889 bits per heavy atom. The van der Waals surface area contributed by atoms with Gasteiger partial charge in [-0.2, -0.15) is 4.31 Å². The van der Waals surface area contributed by atoms with E-state index in [1.54, 1.807) is 34.8 Å². The highest BCUT2D eigenvalue weighted by atomic mass is 32.2. The fourth-order valence-corrected chi connectivity index (χ4v) is 8.03. The number of nitrogens with zero attached hydrogens (tertiary/aromatic N) is 4. The number of likely N-dealkylation sites (tertiary alicyclic amines) is 1. The van der Waals surface area contributed by atoms with Gasteiger partial charge in [0.15, 0.2) is 0 Å². The molecule has 0 bridgehead atoms. The van der Waals surface area contributed by atoms with Crippen LogP contribution in [0.5, 0.6) is 0 Å². The first kappa shape index (κ1) is 31.3. The average Bonchev–Trinajstić information content (AvgIpc) is 3.07. The van der Waals surface area contributed by atoms with Crippen LogP contribution in [0.1, 0.15) is 54.9 Å².